The molecule has 0 spiro atoms. The predicted molar refractivity (Wildman–Crippen MR) is 128 cm³/mol. The Morgan fingerprint density at radius 2 is 0.966 bits per heavy atom. The molecule has 0 aliphatic rings. The van der Waals surface area contributed by atoms with Gasteiger partial charge in [0.15, 0.2) is 0 Å². The van der Waals surface area contributed by atoms with Crippen LogP contribution < -0.4 is 0 Å². The van der Waals surface area contributed by atoms with Crippen molar-refractivity contribution in [3.8, 4) is 0 Å². The minimum atomic E-state index is -2.75. The Labute approximate surface area is 183 Å². The summed E-state index contributed by atoms with van der Waals surface area (Å²) in [4.78, 5) is 10.7. The zero-order chi connectivity index (χ0) is 21.8. The van der Waals surface area contributed by atoms with Crippen LogP contribution in [-0.2, 0) is 0 Å². The van der Waals surface area contributed by atoms with Crippen LogP contribution in [0.2, 0.25) is 6.55 Å². The molecule has 176 valence electrons. The summed E-state index contributed by atoms with van der Waals surface area (Å²) in [5, 5.41) is 19.1. The van der Waals surface area contributed by atoms with E-state index in [-0.39, 0.29) is 12.8 Å². The van der Waals surface area contributed by atoms with Gasteiger partial charge in [0.2, 0.25) is 0 Å². The first-order valence-electron chi connectivity index (χ1n) is 12.8. The summed E-state index contributed by atoms with van der Waals surface area (Å²) in [6, 6.07) is 0. The standard InChI is InChI=1S/C24H54NO3Si/c1-4-6-7-8-9-10-11-12-13-14-15-16-17-18-19-20-21-25(5-2,22-23-26)29(3,28)24-27/h26-28H,4-24H2,1-3H3/q+1. The van der Waals surface area contributed by atoms with E-state index in [4.69, 9.17) is 0 Å². The van der Waals surface area contributed by atoms with Crippen LogP contribution in [0, 0.1) is 0 Å². The molecule has 3 N–H and O–H groups in total. The van der Waals surface area contributed by atoms with Crippen LogP contribution in [0.15, 0.2) is 0 Å². The number of unbranched alkanes of at least 4 members (excludes halogenated alkanes) is 15. The fraction of sp³-hybridized carbons (Fsp3) is 1.00. The zero-order valence-corrected chi connectivity index (χ0v) is 21.1. The van der Waals surface area contributed by atoms with E-state index >= 15 is 0 Å². The minimum Gasteiger partial charge on any atom is -0.391 e. The van der Waals surface area contributed by atoms with Crippen LogP contribution in [0.25, 0.3) is 0 Å². The third kappa shape index (κ3) is 13.2. The third-order valence-electron chi connectivity index (χ3n) is 6.89. The van der Waals surface area contributed by atoms with Crippen molar-refractivity contribution < 1.29 is 19.2 Å². The van der Waals surface area contributed by atoms with Crippen molar-refractivity contribution in [3.63, 3.8) is 0 Å². The summed E-state index contributed by atoms with van der Waals surface area (Å²) in [5.74, 6) is 0. The molecule has 0 aliphatic carbocycles. The van der Waals surface area contributed by atoms with Gasteiger partial charge >= 0.3 is 8.48 Å². The van der Waals surface area contributed by atoms with Gasteiger partial charge in [-0.3, -0.25) is 0 Å². The summed E-state index contributed by atoms with van der Waals surface area (Å²) in [5.41, 5.74) is 0. The van der Waals surface area contributed by atoms with E-state index in [1.54, 1.807) is 0 Å². The van der Waals surface area contributed by atoms with Gasteiger partial charge in [-0.1, -0.05) is 96.8 Å². The summed E-state index contributed by atoms with van der Waals surface area (Å²) < 4.78 is 0.526. The highest BCUT2D eigenvalue weighted by atomic mass is 28.4. The first kappa shape index (κ1) is 29.1. The number of nitrogens with zero attached hydrogens (tertiary/aromatic N) is 1. The fourth-order valence-electron chi connectivity index (χ4n) is 4.55. The fourth-order valence-corrected chi connectivity index (χ4v) is 6.76. The molecule has 0 fully saturated rings. The van der Waals surface area contributed by atoms with E-state index in [0.29, 0.717) is 10.7 Å². The van der Waals surface area contributed by atoms with E-state index < -0.39 is 8.48 Å². The van der Waals surface area contributed by atoms with Crippen molar-refractivity contribution >= 4 is 8.48 Å². The molecule has 2 unspecified atom stereocenters. The molecule has 2 atom stereocenters. The Balaban J connectivity index is 3.62. The lowest BCUT2D eigenvalue weighted by Gasteiger charge is -2.46. The summed E-state index contributed by atoms with van der Waals surface area (Å²) in [6.07, 6.45) is 21.6. The molecule has 0 aromatic rings. The maximum atomic E-state index is 10.7. The second-order valence-electron chi connectivity index (χ2n) is 9.31. The SMILES string of the molecule is CCCCCCCCCCCCCCCCCC[N+](CC)(CCO)[Si](C)(O)CO. The number of rotatable bonds is 22. The minimum absolute atomic E-state index is 0.0792. The van der Waals surface area contributed by atoms with Gasteiger partial charge in [0, 0.05) is 6.55 Å². The van der Waals surface area contributed by atoms with Gasteiger partial charge < -0.3 is 19.2 Å². The Bertz CT molecular complexity index is 355. The lowest BCUT2D eigenvalue weighted by Crippen LogP contribution is -2.70. The molecule has 29 heavy (non-hydrogen) atoms. The summed E-state index contributed by atoms with van der Waals surface area (Å²) in [6.45, 7) is 8.50. The molecule has 0 rings (SSSR count). The Hall–Kier alpha value is 0.0569. The van der Waals surface area contributed by atoms with Gasteiger partial charge in [-0.05, 0) is 19.8 Å². The summed E-state index contributed by atoms with van der Waals surface area (Å²) >= 11 is 0. The van der Waals surface area contributed by atoms with Gasteiger partial charge in [0.05, 0.1) is 26.2 Å². The van der Waals surface area contributed by atoms with Gasteiger partial charge in [-0.25, -0.2) is 0 Å². The molecular weight excluding hydrogens is 378 g/mol. The van der Waals surface area contributed by atoms with E-state index in [0.717, 1.165) is 19.5 Å². The predicted octanol–water partition coefficient (Wildman–Crippen LogP) is 5.67. The number of quaternary nitrogens is 1. The number of aliphatic hydroxyl groups excluding tert-OH is 2. The molecule has 0 heterocycles. The average Bonchev–Trinajstić information content (AvgIpc) is 2.72. The first-order chi connectivity index (χ1) is 14.0. The number of aliphatic hydroxyl groups is 2. The molecule has 0 amide bonds. The highest BCUT2D eigenvalue weighted by Gasteiger charge is 2.49. The van der Waals surface area contributed by atoms with Crippen LogP contribution in [0.4, 0.5) is 0 Å². The molecule has 0 aliphatic heterocycles. The van der Waals surface area contributed by atoms with E-state index in [1.807, 2.05) is 6.55 Å². The van der Waals surface area contributed by atoms with Gasteiger partial charge in [0.1, 0.15) is 6.23 Å². The van der Waals surface area contributed by atoms with Crippen molar-refractivity contribution in [3.05, 3.63) is 0 Å². The monoisotopic (exact) mass is 432 g/mol. The maximum absolute atomic E-state index is 10.7. The molecular formula is C24H54NO3Si+. The second-order valence-corrected chi connectivity index (χ2v) is 13.0. The third-order valence-corrected chi connectivity index (χ3v) is 10.3. The number of likely N-dealkylation sites (N-methyl/N-ethyl adjacent to an activating group) is 1. The smallest absolute Gasteiger partial charge is 0.391 e. The van der Waals surface area contributed by atoms with Crippen molar-refractivity contribution in [2.75, 3.05) is 32.5 Å². The number of hydrogen-bond donors (Lipinski definition) is 3. The molecule has 0 radical (unpaired) electrons. The van der Waals surface area contributed by atoms with Crippen LogP contribution in [0.5, 0.6) is 0 Å². The summed E-state index contributed by atoms with van der Waals surface area (Å²) in [7, 11) is -2.75. The van der Waals surface area contributed by atoms with Crippen LogP contribution in [0.1, 0.15) is 117 Å². The zero-order valence-electron chi connectivity index (χ0n) is 20.1. The average molecular weight is 433 g/mol. The van der Waals surface area contributed by atoms with Crippen LogP contribution in [-0.4, -0.2) is 60.1 Å². The van der Waals surface area contributed by atoms with Crippen molar-refractivity contribution in [2.45, 2.75) is 123 Å². The van der Waals surface area contributed by atoms with E-state index in [1.165, 1.54) is 96.3 Å². The lowest BCUT2D eigenvalue weighted by molar-refractivity contribution is -0.841. The molecule has 0 aromatic heterocycles. The van der Waals surface area contributed by atoms with Crippen molar-refractivity contribution in [1.82, 2.24) is 0 Å². The molecule has 0 bridgehead atoms. The van der Waals surface area contributed by atoms with E-state index in [2.05, 4.69) is 13.8 Å². The van der Waals surface area contributed by atoms with Crippen LogP contribution >= 0.6 is 0 Å². The molecule has 0 saturated heterocycles. The van der Waals surface area contributed by atoms with Gasteiger partial charge in [-0.2, -0.15) is 0 Å². The Morgan fingerprint density at radius 3 is 1.28 bits per heavy atom. The van der Waals surface area contributed by atoms with Crippen molar-refractivity contribution in [2.24, 2.45) is 0 Å². The highest BCUT2D eigenvalue weighted by Crippen LogP contribution is 2.21. The first-order valence-corrected chi connectivity index (χ1v) is 15.4. The van der Waals surface area contributed by atoms with Crippen molar-refractivity contribution in [1.29, 1.82) is 0 Å². The van der Waals surface area contributed by atoms with Gasteiger partial charge in [-0.15, -0.1) is 0 Å². The normalized spacial score (nSPS) is 15.9. The van der Waals surface area contributed by atoms with E-state index in [9.17, 15) is 15.0 Å². The maximum Gasteiger partial charge on any atom is 0.457 e. The lowest BCUT2D eigenvalue weighted by atomic mass is 10.0. The number of hydrogen-bond acceptors (Lipinski definition) is 3. The molecule has 0 saturated carbocycles. The highest BCUT2D eigenvalue weighted by molar-refractivity contribution is 6.63. The molecule has 4 nitrogen and oxygen atoms in total. The second kappa shape index (κ2) is 18.8. The molecule has 0 aromatic carbocycles. The quantitative estimate of drug-likeness (QED) is 0.152. The Kier molecular flexibility index (Phi) is 18.8. The van der Waals surface area contributed by atoms with Crippen LogP contribution in [0.3, 0.4) is 0 Å². The topological polar surface area (TPSA) is 60.7 Å². The van der Waals surface area contributed by atoms with Gasteiger partial charge in [0.25, 0.3) is 0 Å². The molecule has 5 heteroatoms. The Morgan fingerprint density at radius 1 is 0.586 bits per heavy atom. The largest absolute Gasteiger partial charge is 0.457 e.